The third-order valence-electron chi connectivity index (χ3n) is 4.98. The average molecular weight is 325 g/mol. The highest BCUT2D eigenvalue weighted by molar-refractivity contribution is 5.85. The Bertz CT molecular complexity index is 444. The third kappa shape index (κ3) is 4.99. The number of carbonyl (C=O) groups is 1. The number of benzene rings is 1. The molecule has 1 saturated carbocycles. The second-order valence-corrected chi connectivity index (χ2v) is 6.42. The Morgan fingerprint density at radius 2 is 1.82 bits per heavy atom. The molecule has 0 radical (unpaired) electrons. The van der Waals surface area contributed by atoms with Gasteiger partial charge >= 0.3 is 0 Å². The number of likely N-dealkylation sites (N-methyl/N-ethyl adjacent to an activating group) is 1. The Balaban J connectivity index is 0.00000242. The van der Waals surface area contributed by atoms with E-state index in [1.807, 2.05) is 18.9 Å². The van der Waals surface area contributed by atoms with Gasteiger partial charge in [-0.25, -0.2) is 0 Å². The number of halogens is 1. The maximum atomic E-state index is 12.2. The first-order chi connectivity index (χ1) is 10.1. The van der Waals surface area contributed by atoms with Crippen molar-refractivity contribution in [3.05, 3.63) is 35.9 Å². The van der Waals surface area contributed by atoms with Crippen molar-refractivity contribution in [3.63, 3.8) is 0 Å². The fourth-order valence-electron chi connectivity index (χ4n) is 3.22. The lowest BCUT2D eigenvalue weighted by Gasteiger charge is -2.31. The summed E-state index contributed by atoms with van der Waals surface area (Å²) in [6, 6.07) is 10.9. The summed E-state index contributed by atoms with van der Waals surface area (Å²) in [6.45, 7) is 2.53. The molecule has 4 heteroatoms. The van der Waals surface area contributed by atoms with Crippen molar-refractivity contribution in [1.29, 1.82) is 0 Å². The molecule has 1 aromatic carbocycles. The topological polar surface area (TPSA) is 46.3 Å². The first-order valence-corrected chi connectivity index (χ1v) is 8.12. The number of carbonyl (C=O) groups excluding carboxylic acids is 1. The van der Waals surface area contributed by atoms with Crippen LogP contribution >= 0.6 is 12.4 Å². The lowest BCUT2D eigenvalue weighted by Crippen LogP contribution is -2.40. The van der Waals surface area contributed by atoms with E-state index < -0.39 is 0 Å². The van der Waals surface area contributed by atoms with Crippen LogP contribution in [0.1, 0.15) is 50.5 Å². The minimum absolute atomic E-state index is 0. The van der Waals surface area contributed by atoms with Crippen LogP contribution in [0.4, 0.5) is 0 Å². The molecule has 0 bridgehead atoms. The first-order valence-electron chi connectivity index (χ1n) is 8.12. The van der Waals surface area contributed by atoms with E-state index in [9.17, 15) is 4.79 Å². The number of amides is 1. The molecule has 1 atom stereocenters. The van der Waals surface area contributed by atoms with Gasteiger partial charge in [0.2, 0.25) is 5.91 Å². The van der Waals surface area contributed by atoms with Crippen LogP contribution in [0.25, 0.3) is 0 Å². The molecule has 1 aliphatic carbocycles. The SMILES string of the molecule is CC(CN)N(C)C(=O)CC1CCC(c2ccccc2)CC1.Cl. The zero-order valence-corrected chi connectivity index (χ0v) is 14.5. The molecule has 2 N–H and O–H groups in total. The van der Waals surface area contributed by atoms with Gasteiger partial charge < -0.3 is 10.6 Å². The maximum absolute atomic E-state index is 12.2. The minimum atomic E-state index is 0. The van der Waals surface area contributed by atoms with E-state index in [4.69, 9.17) is 5.73 Å². The van der Waals surface area contributed by atoms with Gasteiger partial charge in [0.25, 0.3) is 0 Å². The Morgan fingerprint density at radius 3 is 2.36 bits per heavy atom. The molecule has 0 aromatic heterocycles. The van der Waals surface area contributed by atoms with Crippen LogP contribution in [0.3, 0.4) is 0 Å². The summed E-state index contributed by atoms with van der Waals surface area (Å²) in [4.78, 5) is 14.0. The van der Waals surface area contributed by atoms with Crippen molar-refractivity contribution in [2.45, 2.75) is 51.0 Å². The first kappa shape index (κ1) is 19.0. The monoisotopic (exact) mass is 324 g/mol. The van der Waals surface area contributed by atoms with E-state index in [1.165, 1.54) is 18.4 Å². The summed E-state index contributed by atoms with van der Waals surface area (Å²) in [5.74, 6) is 1.47. The molecule has 0 heterocycles. The zero-order chi connectivity index (χ0) is 15.2. The summed E-state index contributed by atoms with van der Waals surface area (Å²) in [5, 5.41) is 0. The van der Waals surface area contributed by atoms with Gasteiger partial charge in [0.05, 0.1) is 0 Å². The average Bonchev–Trinajstić information content (AvgIpc) is 2.54. The van der Waals surface area contributed by atoms with Crippen LogP contribution in [0.5, 0.6) is 0 Å². The number of nitrogens with zero attached hydrogens (tertiary/aromatic N) is 1. The van der Waals surface area contributed by atoms with Gasteiger partial charge in [-0.05, 0) is 50.0 Å². The predicted molar refractivity (Wildman–Crippen MR) is 94.3 cm³/mol. The van der Waals surface area contributed by atoms with Crippen molar-refractivity contribution in [2.24, 2.45) is 11.7 Å². The van der Waals surface area contributed by atoms with Crippen molar-refractivity contribution >= 4 is 18.3 Å². The molecule has 0 aliphatic heterocycles. The molecule has 1 unspecified atom stereocenters. The molecule has 3 nitrogen and oxygen atoms in total. The smallest absolute Gasteiger partial charge is 0.222 e. The second kappa shape index (κ2) is 9.16. The van der Waals surface area contributed by atoms with Gasteiger partial charge in [-0.1, -0.05) is 30.3 Å². The molecule has 1 amide bonds. The van der Waals surface area contributed by atoms with Gasteiger partial charge in [-0.15, -0.1) is 12.4 Å². The fraction of sp³-hybridized carbons (Fsp3) is 0.611. The Morgan fingerprint density at radius 1 is 1.23 bits per heavy atom. The quantitative estimate of drug-likeness (QED) is 0.899. The summed E-state index contributed by atoms with van der Waals surface area (Å²) in [5.41, 5.74) is 7.09. The molecular weight excluding hydrogens is 296 g/mol. The summed E-state index contributed by atoms with van der Waals surface area (Å²) in [7, 11) is 1.87. The molecule has 124 valence electrons. The second-order valence-electron chi connectivity index (χ2n) is 6.42. The standard InChI is InChI=1S/C18H28N2O.ClH/c1-14(13-19)20(2)18(21)12-15-8-10-17(11-9-15)16-6-4-3-5-7-16;/h3-7,14-15,17H,8-13,19H2,1-2H3;1H. The number of rotatable bonds is 5. The Labute approximate surface area is 140 Å². The molecule has 0 saturated heterocycles. The summed E-state index contributed by atoms with van der Waals surface area (Å²) in [6.07, 6.45) is 5.42. The summed E-state index contributed by atoms with van der Waals surface area (Å²) >= 11 is 0. The third-order valence-corrected chi connectivity index (χ3v) is 4.98. The van der Waals surface area contributed by atoms with Crippen molar-refractivity contribution in [2.75, 3.05) is 13.6 Å². The summed E-state index contributed by atoms with van der Waals surface area (Å²) < 4.78 is 0. The van der Waals surface area contributed by atoms with E-state index in [0.29, 0.717) is 24.8 Å². The van der Waals surface area contributed by atoms with Gasteiger partial charge in [0.15, 0.2) is 0 Å². The molecule has 1 fully saturated rings. The van der Waals surface area contributed by atoms with E-state index >= 15 is 0 Å². The highest BCUT2D eigenvalue weighted by Gasteiger charge is 2.25. The van der Waals surface area contributed by atoms with Crippen molar-refractivity contribution in [1.82, 2.24) is 4.90 Å². The van der Waals surface area contributed by atoms with Gasteiger partial charge in [-0.3, -0.25) is 4.79 Å². The van der Waals surface area contributed by atoms with E-state index in [2.05, 4.69) is 30.3 Å². The van der Waals surface area contributed by atoms with Crippen LogP contribution in [-0.2, 0) is 4.79 Å². The lowest BCUT2D eigenvalue weighted by atomic mass is 9.77. The van der Waals surface area contributed by atoms with E-state index in [1.54, 1.807) is 0 Å². The van der Waals surface area contributed by atoms with Crippen LogP contribution in [0, 0.1) is 5.92 Å². The largest absolute Gasteiger partial charge is 0.342 e. The fourth-order valence-corrected chi connectivity index (χ4v) is 3.22. The van der Waals surface area contributed by atoms with Gasteiger partial charge in [0, 0.05) is 26.1 Å². The van der Waals surface area contributed by atoms with Crippen molar-refractivity contribution in [3.8, 4) is 0 Å². The molecular formula is C18H29ClN2O. The number of nitrogens with two attached hydrogens (primary N) is 1. The number of hydrogen-bond donors (Lipinski definition) is 1. The molecule has 2 rings (SSSR count). The van der Waals surface area contributed by atoms with Crippen LogP contribution in [0.15, 0.2) is 30.3 Å². The maximum Gasteiger partial charge on any atom is 0.222 e. The molecule has 1 aromatic rings. The van der Waals surface area contributed by atoms with Crippen LogP contribution in [-0.4, -0.2) is 30.4 Å². The van der Waals surface area contributed by atoms with Crippen LogP contribution < -0.4 is 5.73 Å². The highest BCUT2D eigenvalue weighted by atomic mass is 35.5. The minimum Gasteiger partial charge on any atom is -0.342 e. The number of hydrogen-bond acceptors (Lipinski definition) is 2. The normalized spacial score (nSPS) is 22.5. The van der Waals surface area contributed by atoms with Crippen LogP contribution in [0.2, 0.25) is 0 Å². The molecule has 22 heavy (non-hydrogen) atoms. The van der Waals surface area contributed by atoms with Gasteiger partial charge in [-0.2, -0.15) is 0 Å². The van der Waals surface area contributed by atoms with E-state index in [-0.39, 0.29) is 24.4 Å². The Kier molecular flexibility index (Phi) is 7.91. The molecule has 1 aliphatic rings. The molecule has 0 spiro atoms. The highest BCUT2D eigenvalue weighted by Crippen LogP contribution is 2.37. The zero-order valence-electron chi connectivity index (χ0n) is 13.7. The van der Waals surface area contributed by atoms with E-state index in [0.717, 1.165) is 12.8 Å². The Hall–Kier alpha value is -1.06. The van der Waals surface area contributed by atoms with Crippen molar-refractivity contribution < 1.29 is 4.79 Å². The lowest BCUT2D eigenvalue weighted by molar-refractivity contribution is -0.132. The predicted octanol–water partition coefficient (Wildman–Crippen LogP) is 3.58. The van der Waals surface area contributed by atoms with Gasteiger partial charge in [0.1, 0.15) is 0 Å².